The Bertz CT molecular complexity index is 775. The first-order valence-corrected chi connectivity index (χ1v) is 9.31. The molecule has 2 N–H and O–H groups in total. The lowest BCUT2D eigenvalue weighted by Crippen LogP contribution is -2.23. The predicted molar refractivity (Wildman–Crippen MR) is 94.2 cm³/mol. The lowest BCUT2D eigenvalue weighted by molar-refractivity contribution is 0.0899. The van der Waals surface area contributed by atoms with E-state index in [-0.39, 0.29) is 17.9 Å². The van der Waals surface area contributed by atoms with E-state index < -0.39 is 5.82 Å². The standard InChI is InChI=1S/C17H21ClFN5O2/c18-15-14(8-24(23-15)11-3-4-11)21-17-20-7-13(19)16(22-17)26-9-10-1-5-12(25)6-2-10/h7-8,10-12,25H,1-6,9H2,(H,20,21,22)/t10-,12-. The molecule has 0 bridgehead atoms. The van der Waals surface area contributed by atoms with Crippen LogP contribution in [0.15, 0.2) is 12.4 Å². The molecular weight excluding hydrogens is 361 g/mol. The van der Waals surface area contributed by atoms with E-state index in [0.29, 0.717) is 29.4 Å². The third-order valence-electron chi connectivity index (χ3n) is 4.84. The second-order valence-electron chi connectivity index (χ2n) is 7.00. The first kappa shape index (κ1) is 17.5. The summed E-state index contributed by atoms with van der Waals surface area (Å²) in [5, 5.41) is 17.1. The maximum atomic E-state index is 14.0. The van der Waals surface area contributed by atoms with Crippen LogP contribution in [0.4, 0.5) is 16.0 Å². The summed E-state index contributed by atoms with van der Waals surface area (Å²) in [4.78, 5) is 8.06. The van der Waals surface area contributed by atoms with Crippen LogP contribution in [0.3, 0.4) is 0 Å². The second kappa shape index (κ2) is 7.36. The number of nitrogens with one attached hydrogen (secondary N) is 1. The van der Waals surface area contributed by atoms with Crippen molar-refractivity contribution in [1.29, 1.82) is 0 Å². The maximum absolute atomic E-state index is 14.0. The highest BCUT2D eigenvalue weighted by molar-refractivity contribution is 6.32. The molecule has 26 heavy (non-hydrogen) atoms. The molecule has 0 aliphatic heterocycles. The summed E-state index contributed by atoms with van der Waals surface area (Å²) < 4.78 is 21.4. The first-order valence-electron chi connectivity index (χ1n) is 8.93. The number of rotatable bonds is 6. The summed E-state index contributed by atoms with van der Waals surface area (Å²) in [6.45, 7) is 0.375. The Labute approximate surface area is 155 Å². The van der Waals surface area contributed by atoms with Gasteiger partial charge >= 0.3 is 0 Å². The average Bonchev–Trinajstić information content (AvgIpc) is 3.41. The van der Waals surface area contributed by atoms with Gasteiger partial charge in [-0.15, -0.1) is 0 Å². The van der Waals surface area contributed by atoms with Crippen molar-refractivity contribution >= 4 is 23.2 Å². The minimum absolute atomic E-state index is 0.0840. The van der Waals surface area contributed by atoms with Gasteiger partial charge in [-0.05, 0) is 44.4 Å². The molecule has 7 nitrogen and oxygen atoms in total. The van der Waals surface area contributed by atoms with E-state index in [1.165, 1.54) is 0 Å². The molecule has 2 saturated carbocycles. The van der Waals surface area contributed by atoms with Gasteiger partial charge in [0.2, 0.25) is 11.8 Å². The van der Waals surface area contributed by atoms with Crippen molar-refractivity contribution in [2.75, 3.05) is 11.9 Å². The van der Waals surface area contributed by atoms with Crippen LogP contribution in [0.1, 0.15) is 44.6 Å². The number of hydrogen-bond donors (Lipinski definition) is 2. The molecule has 4 rings (SSSR count). The van der Waals surface area contributed by atoms with Crippen LogP contribution >= 0.6 is 11.6 Å². The monoisotopic (exact) mass is 381 g/mol. The van der Waals surface area contributed by atoms with Gasteiger partial charge in [-0.25, -0.2) is 4.98 Å². The largest absolute Gasteiger partial charge is 0.475 e. The molecule has 2 aromatic rings. The number of aliphatic hydroxyl groups is 1. The third kappa shape index (κ3) is 4.07. The van der Waals surface area contributed by atoms with Crippen LogP contribution in [0.2, 0.25) is 5.15 Å². The van der Waals surface area contributed by atoms with Crippen LogP contribution in [-0.2, 0) is 0 Å². The lowest BCUT2D eigenvalue weighted by Gasteiger charge is -2.25. The molecule has 2 aliphatic carbocycles. The molecule has 2 aliphatic rings. The molecule has 140 valence electrons. The Morgan fingerprint density at radius 2 is 2.04 bits per heavy atom. The summed E-state index contributed by atoms with van der Waals surface area (Å²) in [5.74, 6) is -0.182. The van der Waals surface area contributed by atoms with Gasteiger partial charge in [-0.1, -0.05) is 11.6 Å². The van der Waals surface area contributed by atoms with E-state index in [9.17, 15) is 9.50 Å². The van der Waals surface area contributed by atoms with Gasteiger partial charge in [0, 0.05) is 0 Å². The molecule has 0 spiro atoms. The van der Waals surface area contributed by atoms with Crippen molar-refractivity contribution in [2.45, 2.75) is 50.7 Å². The summed E-state index contributed by atoms with van der Waals surface area (Å²) in [5.41, 5.74) is 0.581. The zero-order valence-corrected chi connectivity index (χ0v) is 15.0. The minimum atomic E-state index is -0.605. The Morgan fingerprint density at radius 1 is 1.27 bits per heavy atom. The molecule has 0 atom stereocenters. The molecule has 0 unspecified atom stereocenters. The summed E-state index contributed by atoms with van der Waals surface area (Å²) in [6.07, 6.45) is 8.12. The van der Waals surface area contributed by atoms with Gasteiger partial charge in [-0.2, -0.15) is 14.5 Å². The summed E-state index contributed by atoms with van der Waals surface area (Å²) >= 11 is 6.14. The topological polar surface area (TPSA) is 85.1 Å². The average molecular weight is 382 g/mol. The van der Waals surface area contributed by atoms with Gasteiger partial charge < -0.3 is 15.2 Å². The smallest absolute Gasteiger partial charge is 0.255 e. The van der Waals surface area contributed by atoms with Crippen molar-refractivity contribution in [3.8, 4) is 5.88 Å². The number of hydrogen-bond acceptors (Lipinski definition) is 6. The van der Waals surface area contributed by atoms with E-state index in [2.05, 4.69) is 20.4 Å². The van der Waals surface area contributed by atoms with Crippen molar-refractivity contribution in [3.63, 3.8) is 0 Å². The Kier molecular flexibility index (Phi) is 4.95. The van der Waals surface area contributed by atoms with Crippen LogP contribution in [0.25, 0.3) is 0 Å². The van der Waals surface area contributed by atoms with Crippen molar-refractivity contribution in [3.05, 3.63) is 23.4 Å². The molecule has 2 aromatic heterocycles. The van der Waals surface area contributed by atoms with Gasteiger partial charge in [-0.3, -0.25) is 4.68 Å². The van der Waals surface area contributed by atoms with E-state index >= 15 is 0 Å². The molecule has 0 saturated heterocycles. The minimum Gasteiger partial charge on any atom is -0.475 e. The Balaban J connectivity index is 1.40. The molecule has 0 radical (unpaired) electrons. The lowest BCUT2D eigenvalue weighted by atomic mass is 9.88. The van der Waals surface area contributed by atoms with Gasteiger partial charge in [0.15, 0.2) is 5.15 Å². The number of anilines is 2. The van der Waals surface area contributed by atoms with Gasteiger partial charge in [0.25, 0.3) is 5.88 Å². The van der Waals surface area contributed by atoms with Crippen LogP contribution < -0.4 is 10.1 Å². The van der Waals surface area contributed by atoms with Crippen LogP contribution in [-0.4, -0.2) is 37.6 Å². The molecule has 0 aromatic carbocycles. The highest BCUT2D eigenvalue weighted by atomic mass is 35.5. The van der Waals surface area contributed by atoms with Crippen LogP contribution in [0, 0.1) is 11.7 Å². The molecule has 0 amide bonds. The highest BCUT2D eigenvalue weighted by Crippen LogP contribution is 2.36. The fourth-order valence-electron chi connectivity index (χ4n) is 3.12. The Hall–Kier alpha value is -1.93. The normalized spacial score (nSPS) is 23.0. The highest BCUT2D eigenvalue weighted by Gasteiger charge is 2.26. The van der Waals surface area contributed by atoms with Gasteiger partial charge in [0.05, 0.1) is 36.8 Å². The number of halogens is 2. The molecular formula is C17H21ClFN5O2. The third-order valence-corrected chi connectivity index (χ3v) is 5.12. The van der Waals surface area contributed by atoms with E-state index in [1.54, 1.807) is 6.20 Å². The SMILES string of the molecule is O[C@H]1CC[C@H](COc2nc(Nc3cn(C4CC4)nc3Cl)ncc2F)CC1. The zero-order chi connectivity index (χ0) is 18.1. The number of ether oxygens (including phenoxy) is 1. The quantitative estimate of drug-likeness (QED) is 0.796. The molecule has 2 heterocycles. The van der Waals surface area contributed by atoms with Crippen molar-refractivity contribution in [1.82, 2.24) is 19.7 Å². The van der Waals surface area contributed by atoms with Crippen LogP contribution in [0.5, 0.6) is 5.88 Å². The van der Waals surface area contributed by atoms with Crippen molar-refractivity contribution in [2.24, 2.45) is 5.92 Å². The fourth-order valence-corrected chi connectivity index (χ4v) is 3.30. The van der Waals surface area contributed by atoms with E-state index in [4.69, 9.17) is 16.3 Å². The van der Waals surface area contributed by atoms with Gasteiger partial charge in [0.1, 0.15) is 0 Å². The predicted octanol–water partition coefficient (Wildman–Crippen LogP) is 3.47. The number of nitrogens with zero attached hydrogens (tertiary/aromatic N) is 4. The van der Waals surface area contributed by atoms with E-state index in [1.807, 2.05) is 4.68 Å². The maximum Gasteiger partial charge on any atom is 0.255 e. The number of aromatic nitrogens is 4. The van der Waals surface area contributed by atoms with Crippen molar-refractivity contribution < 1.29 is 14.2 Å². The molecule has 2 fully saturated rings. The Morgan fingerprint density at radius 3 is 2.77 bits per heavy atom. The summed E-state index contributed by atoms with van der Waals surface area (Å²) in [6, 6.07) is 0.407. The summed E-state index contributed by atoms with van der Waals surface area (Å²) in [7, 11) is 0. The van der Waals surface area contributed by atoms with E-state index in [0.717, 1.165) is 44.7 Å². The number of aliphatic hydroxyl groups excluding tert-OH is 1. The second-order valence-corrected chi connectivity index (χ2v) is 7.36. The zero-order valence-electron chi connectivity index (χ0n) is 14.2. The first-order chi connectivity index (χ1) is 12.6. The molecule has 9 heteroatoms. The fraction of sp³-hybridized carbons (Fsp3) is 0.588.